The van der Waals surface area contributed by atoms with E-state index in [-0.39, 0.29) is 11.7 Å². The number of hydrazone groups is 1. The molecule has 0 bridgehead atoms. The second-order valence-electron chi connectivity index (χ2n) is 5.33. The minimum absolute atomic E-state index is 0.114. The van der Waals surface area contributed by atoms with Crippen LogP contribution in [0.1, 0.15) is 32.2 Å². The zero-order valence-corrected chi connectivity index (χ0v) is 13.9. The molecule has 0 radical (unpaired) electrons. The lowest BCUT2D eigenvalue weighted by Crippen LogP contribution is -2.17. The van der Waals surface area contributed by atoms with Crippen molar-refractivity contribution in [2.45, 2.75) is 6.92 Å². The number of hydrogen-bond acceptors (Lipinski definition) is 6. The molecular weight excluding hydrogens is 334 g/mol. The number of amides is 1. The van der Waals surface area contributed by atoms with Crippen molar-refractivity contribution in [2.24, 2.45) is 5.10 Å². The Balaban J connectivity index is 1.61. The molecule has 2 aromatic heterocycles. The third kappa shape index (κ3) is 4.41. The second-order valence-corrected chi connectivity index (χ2v) is 5.33. The summed E-state index contributed by atoms with van der Waals surface area (Å²) in [4.78, 5) is 27.9. The van der Waals surface area contributed by atoms with Crippen LogP contribution in [0.4, 0.5) is 0 Å². The first-order valence-electron chi connectivity index (χ1n) is 7.73. The first-order valence-corrected chi connectivity index (χ1v) is 7.73. The lowest BCUT2D eigenvalue weighted by Gasteiger charge is -2.03. The van der Waals surface area contributed by atoms with E-state index in [1.54, 1.807) is 42.5 Å². The summed E-state index contributed by atoms with van der Waals surface area (Å²) in [6, 6.07) is 13.2. The van der Waals surface area contributed by atoms with Crippen molar-refractivity contribution in [2.75, 3.05) is 0 Å². The molecule has 3 aromatic rings. The van der Waals surface area contributed by atoms with E-state index >= 15 is 0 Å². The van der Waals surface area contributed by atoms with E-state index in [2.05, 4.69) is 15.5 Å². The lowest BCUT2D eigenvalue weighted by molar-refractivity contribution is 0.0701. The Morgan fingerprint density at radius 2 is 2.08 bits per heavy atom. The van der Waals surface area contributed by atoms with Crippen molar-refractivity contribution in [1.82, 2.24) is 10.4 Å². The van der Waals surface area contributed by atoms with Crippen molar-refractivity contribution in [1.29, 1.82) is 0 Å². The van der Waals surface area contributed by atoms with Gasteiger partial charge in [0.2, 0.25) is 5.76 Å². The highest BCUT2D eigenvalue weighted by Gasteiger charge is 2.11. The zero-order valence-electron chi connectivity index (χ0n) is 13.9. The fourth-order valence-corrected chi connectivity index (χ4v) is 2.04. The number of nitrogens with one attached hydrogen (secondary N) is 1. The molecule has 1 amide bonds. The summed E-state index contributed by atoms with van der Waals surface area (Å²) in [5.41, 5.74) is 4.30. The molecule has 130 valence electrons. The van der Waals surface area contributed by atoms with Crippen molar-refractivity contribution in [3.05, 3.63) is 83.6 Å². The van der Waals surface area contributed by atoms with Crippen molar-refractivity contribution < 1.29 is 18.7 Å². The zero-order chi connectivity index (χ0) is 18.4. The van der Waals surface area contributed by atoms with Crippen LogP contribution in [0.3, 0.4) is 0 Å². The summed E-state index contributed by atoms with van der Waals surface area (Å²) in [5.74, 6) is -0.508. The largest absolute Gasteiger partial charge is 0.457 e. The number of nitrogens with zero attached hydrogens (tertiary/aromatic N) is 2. The predicted molar refractivity (Wildman–Crippen MR) is 94.1 cm³/mol. The van der Waals surface area contributed by atoms with Gasteiger partial charge in [-0.25, -0.2) is 10.2 Å². The average molecular weight is 349 g/mol. The van der Waals surface area contributed by atoms with Crippen molar-refractivity contribution in [3.8, 4) is 5.75 Å². The fourth-order valence-electron chi connectivity index (χ4n) is 2.04. The topological polar surface area (TPSA) is 93.8 Å². The summed E-state index contributed by atoms with van der Waals surface area (Å²) in [6.07, 6.45) is 4.32. The van der Waals surface area contributed by atoms with Crippen LogP contribution >= 0.6 is 0 Å². The smallest absolute Gasteiger partial charge is 0.379 e. The Morgan fingerprint density at radius 3 is 2.81 bits per heavy atom. The van der Waals surface area contributed by atoms with E-state index in [1.165, 1.54) is 24.7 Å². The number of rotatable bonds is 5. The summed E-state index contributed by atoms with van der Waals surface area (Å²) >= 11 is 0. The van der Waals surface area contributed by atoms with Gasteiger partial charge in [-0.2, -0.15) is 5.10 Å². The fraction of sp³-hybridized carbons (Fsp3) is 0.0526. The van der Waals surface area contributed by atoms with E-state index in [0.717, 1.165) is 5.69 Å². The number of carbonyl (C=O) groups is 2. The number of ether oxygens (including phenoxy) is 1. The maximum Gasteiger partial charge on any atom is 0.379 e. The summed E-state index contributed by atoms with van der Waals surface area (Å²) < 4.78 is 10.2. The van der Waals surface area contributed by atoms with Gasteiger partial charge >= 0.3 is 5.97 Å². The lowest BCUT2D eigenvalue weighted by atomic mass is 10.2. The van der Waals surface area contributed by atoms with Gasteiger partial charge in [-0.3, -0.25) is 9.78 Å². The molecule has 1 N–H and O–H groups in total. The maximum atomic E-state index is 11.9. The average Bonchev–Trinajstić information content (AvgIpc) is 3.17. The van der Waals surface area contributed by atoms with E-state index in [4.69, 9.17) is 9.15 Å². The molecule has 7 heteroatoms. The molecule has 0 saturated heterocycles. The molecule has 3 rings (SSSR count). The minimum atomic E-state index is -0.593. The van der Waals surface area contributed by atoms with Gasteiger partial charge in [0.25, 0.3) is 5.91 Å². The molecule has 0 aliphatic rings. The molecule has 7 nitrogen and oxygen atoms in total. The van der Waals surface area contributed by atoms with Crippen LogP contribution in [0, 0.1) is 6.92 Å². The van der Waals surface area contributed by atoms with Gasteiger partial charge in [-0.1, -0.05) is 12.1 Å². The number of esters is 1. The molecule has 26 heavy (non-hydrogen) atoms. The van der Waals surface area contributed by atoms with Crippen LogP contribution in [0.15, 0.2) is 70.5 Å². The molecule has 0 fully saturated rings. The molecule has 0 spiro atoms. The van der Waals surface area contributed by atoms with E-state index in [0.29, 0.717) is 16.9 Å². The van der Waals surface area contributed by atoms with Crippen LogP contribution in [0.2, 0.25) is 0 Å². The van der Waals surface area contributed by atoms with Gasteiger partial charge in [0, 0.05) is 11.9 Å². The molecule has 2 heterocycles. The number of hydrogen-bond donors (Lipinski definition) is 1. The third-order valence-corrected chi connectivity index (χ3v) is 3.34. The Kier molecular flexibility index (Phi) is 5.19. The van der Waals surface area contributed by atoms with Crippen LogP contribution in [0.5, 0.6) is 5.75 Å². The van der Waals surface area contributed by atoms with Gasteiger partial charge in [-0.05, 0) is 48.9 Å². The van der Waals surface area contributed by atoms with Gasteiger partial charge in [0.1, 0.15) is 5.75 Å². The molecular formula is C19H15N3O4. The monoisotopic (exact) mass is 349 g/mol. The summed E-state index contributed by atoms with van der Waals surface area (Å²) in [6.45, 7) is 1.84. The quantitative estimate of drug-likeness (QED) is 0.331. The highest BCUT2D eigenvalue weighted by molar-refractivity contribution is 5.94. The van der Waals surface area contributed by atoms with Crippen LogP contribution in [0.25, 0.3) is 0 Å². The normalized spacial score (nSPS) is 10.7. The molecule has 0 aliphatic heterocycles. The van der Waals surface area contributed by atoms with E-state index in [1.807, 2.05) is 6.92 Å². The van der Waals surface area contributed by atoms with Gasteiger partial charge in [0.15, 0.2) is 0 Å². The standard InChI is InChI=1S/C19H15N3O4/c1-13-7-8-15(12-20-13)18(23)22-21-11-14-4-2-5-16(10-14)26-19(24)17-6-3-9-25-17/h2-12H,1H3,(H,22,23)/b21-11+. The number of pyridine rings is 1. The first-order chi connectivity index (χ1) is 12.6. The van der Waals surface area contributed by atoms with Crippen molar-refractivity contribution >= 4 is 18.1 Å². The Hall–Kier alpha value is -3.74. The number of aromatic nitrogens is 1. The molecule has 0 atom stereocenters. The molecule has 0 aliphatic carbocycles. The Labute approximate surface area is 149 Å². The van der Waals surface area contributed by atoms with Gasteiger partial charge < -0.3 is 9.15 Å². The van der Waals surface area contributed by atoms with Gasteiger partial charge in [-0.15, -0.1) is 0 Å². The number of aryl methyl sites for hydroxylation is 1. The maximum absolute atomic E-state index is 11.9. The number of furan rings is 1. The van der Waals surface area contributed by atoms with E-state index in [9.17, 15) is 9.59 Å². The number of benzene rings is 1. The highest BCUT2D eigenvalue weighted by Crippen LogP contribution is 2.14. The van der Waals surface area contributed by atoms with Crippen molar-refractivity contribution in [3.63, 3.8) is 0 Å². The van der Waals surface area contributed by atoms with Crippen LogP contribution in [-0.2, 0) is 0 Å². The molecule has 0 unspecified atom stereocenters. The third-order valence-electron chi connectivity index (χ3n) is 3.34. The Bertz CT molecular complexity index is 932. The Morgan fingerprint density at radius 1 is 1.19 bits per heavy atom. The predicted octanol–water partition coefficient (Wildman–Crippen LogP) is 2.97. The van der Waals surface area contributed by atoms with Crippen LogP contribution in [-0.4, -0.2) is 23.1 Å². The number of carbonyl (C=O) groups excluding carboxylic acids is 2. The van der Waals surface area contributed by atoms with Gasteiger partial charge in [0.05, 0.1) is 18.0 Å². The minimum Gasteiger partial charge on any atom is -0.457 e. The van der Waals surface area contributed by atoms with Crippen LogP contribution < -0.4 is 10.2 Å². The summed E-state index contributed by atoms with van der Waals surface area (Å²) in [5, 5.41) is 3.90. The second kappa shape index (κ2) is 7.89. The molecule has 1 aromatic carbocycles. The SMILES string of the molecule is Cc1ccc(C(=O)N/N=C/c2cccc(OC(=O)c3ccco3)c2)cn1. The first kappa shape index (κ1) is 17.1. The van der Waals surface area contributed by atoms with E-state index < -0.39 is 5.97 Å². The summed E-state index contributed by atoms with van der Waals surface area (Å²) in [7, 11) is 0. The molecule has 0 saturated carbocycles. The highest BCUT2D eigenvalue weighted by atomic mass is 16.5.